The first-order valence-corrected chi connectivity index (χ1v) is 9.11. The van der Waals surface area contributed by atoms with E-state index in [1.54, 1.807) is 0 Å². The van der Waals surface area contributed by atoms with Crippen LogP contribution in [0.5, 0.6) is 0 Å². The van der Waals surface area contributed by atoms with Gasteiger partial charge in [-0.25, -0.2) is 0 Å². The van der Waals surface area contributed by atoms with E-state index in [-0.39, 0.29) is 0 Å². The van der Waals surface area contributed by atoms with E-state index >= 15 is 0 Å². The van der Waals surface area contributed by atoms with Crippen LogP contribution >= 0.6 is 0 Å². The molecular formula is C21H27N3O. The van der Waals surface area contributed by atoms with Gasteiger partial charge in [-0.05, 0) is 62.8 Å². The standard InChI is InChI=1S/C21H27N3O/c1-15-2-4-16(5-3-15)10-17-6-8-18(9-7-17)11-20-12-21(25-24-20)19(13-22)14-23/h2-5,12-14,17-18,22H,6-11,23H2,1H3/b19-14+,22-13?. The molecule has 132 valence electrons. The molecule has 3 rings (SSSR count). The zero-order valence-electron chi connectivity index (χ0n) is 14.9. The highest BCUT2D eigenvalue weighted by atomic mass is 16.5. The third-order valence-corrected chi connectivity index (χ3v) is 5.29. The minimum Gasteiger partial charge on any atom is -0.404 e. The Labute approximate surface area is 149 Å². The fourth-order valence-corrected chi connectivity index (χ4v) is 3.74. The first-order chi connectivity index (χ1) is 12.2. The molecule has 1 aliphatic carbocycles. The Morgan fingerprint density at radius 2 is 1.80 bits per heavy atom. The Morgan fingerprint density at radius 1 is 1.16 bits per heavy atom. The van der Waals surface area contributed by atoms with Crippen LogP contribution in [0.15, 0.2) is 41.1 Å². The molecule has 0 amide bonds. The number of nitrogens with two attached hydrogens (primary N) is 1. The van der Waals surface area contributed by atoms with Gasteiger partial charge in [-0.2, -0.15) is 0 Å². The highest BCUT2D eigenvalue weighted by Crippen LogP contribution is 2.33. The number of aryl methyl sites for hydroxylation is 1. The van der Waals surface area contributed by atoms with Gasteiger partial charge in [-0.1, -0.05) is 35.0 Å². The zero-order valence-corrected chi connectivity index (χ0v) is 14.9. The maximum Gasteiger partial charge on any atom is 0.170 e. The summed E-state index contributed by atoms with van der Waals surface area (Å²) in [4.78, 5) is 0. The molecule has 0 radical (unpaired) electrons. The molecule has 1 heterocycles. The molecule has 0 bridgehead atoms. The average molecular weight is 337 g/mol. The van der Waals surface area contributed by atoms with E-state index < -0.39 is 0 Å². The molecule has 0 saturated heterocycles. The molecule has 2 aromatic rings. The van der Waals surface area contributed by atoms with E-state index in [2.05, 4.69) is 36.3 Å². The van der Waals surface area contributed by atoms with Gasteiger partial charge < -0.3 is 15.7 Å². The third kappa shape index (κ3) is 4.59. The molecule has 4 heteroatoms. The van der Waals surface area contributed by atoms with Gasteiger partial charge >= 0.3 is 0 Å². The van der Waals surface area contributed by atoms with Crippen LogP contribution in [0, 0.1) is 24.2 Å². The zero-order chi connectivity index (χ0) is 17.6. The van der Waals surface area contributed by atoms with Crippen molar-refractivity contribution in [2.24, 2.45) is 17.6 Å². The Bertz CT molecular complexity index is 722. The number of nitrogens with zero attached hydrogens (tertiary/aromatic N) is 1. The van der Waals surface area contributed by atoms with Crippen molar-refractivity contribution in [2.75, 3.05) is 0 Å². The number of benzene rings is 1. The minimum absolute atomic E-state index is 0.570. The van der Waals surface area contributed by atoms with Crippen LogP contribution in [0.4, 0.5) is 0 Å². The topological polar surface area (TPSA) is 75.9 Å². The van der Waals surface area contributed by atoms with Gasteiger partial charge in [0, 0.05) is 18.5 Å². The Kier molecular flexibility index (Phi) is 5.69. The van der Waals surface area contributed by atoms with E-state index in [4.69, 9.17) is 15.7 Å². The van der Waals surface area contributed by atoms with Gasteiger partial charge in [0.2, 0.25) is 0 Å². The third-order valence-electron chi connectivity index (χ3n) is 5.29. The van der Waals surface area contributed by atoms with Crippen LogP contribution in [0.3, 0.4) is 0 Å². The second-order valence-electron chi connectivity index (χ2n) is 7.23. The monoisotopic (exact) mass is 337 g/mol. The molecular weight excluding hydrogens is 310 g/mol. The van der Waals surface area contributed by atoms with Gasteiger partial charge in [0.1, 0.15) is 0 Å². The number of rotatable bonds is 6. The van der Waals surface area contributed by atoms with Crippen LogP contribution in [0.25, 0.3) is 5.57 Å². The Balaban J connectivity index is 1.49. The summed E-state index contributed by atoms with van der Waals surface area (Å²) in [6.45, 7) is 2.14. The van der Waals surface area contributed by atoms with E-state index in [9.17, 15) is 0 Å². The van der Waals surface area contributed by atoms with Crippen LogP contribution < -0.4 is 5.73 Å². The number of allylic oxidation sites excluding steroid dienone is 1. The summed E-state index contributed by atoms with van der Waals surface area (Å²) in [5, 5.41) is 11.5. The summed E-state index contributed by atoms with van der Waals surface area (Å²) in [5.41, 5.74) is 9.82. The fraction of sp³-hybridized carbons (Fsp3) is 0.429. The quantitative estimate of drug-likeness (QED) is 0.761. The lowest BCUT2D eigenvalue weighted by Crippen LogP contribution is -2.18. The molecule has 3 N–H and O–H groups in total. The molecule has 1 aliphatic rings. The van der Waals surface area contributed by atoms with Gasteiger partial charge in [0.15, 0.2) is 5.76 Å². The van der Waals surface area contributed by atoms with Crippen LogP contribution in [0.2, 0.25) is 0 Å². The maximum atomic E-state index is 7.32. The first-order valence-electron chi connectivity index (χ1n) is 9.11. The number of hydrogen-bond acceptors (Lipinski definition) is 4. The highest BCUT2D eigenvalue weighted by molar-refractivity contribution is 6.06. The average Bonchev–Trinajstić information content (AvgIpc) is 3.08. The number of hydrogen-bond donors (Lipinski definition) is 2. The maximum absolute atomic E-state index is 7.32. The molecule has 4 nitrogen and oxygen atoms in total. The molecule has 0 atom stereocenters. The second-order valence-corrected chi connectivity index (χ2v) is 7.23. The van der Waals surface area contributed by atoms with Crippen LogP contribution in [-0.2, 0) is 12.8 Å². The summed E-state index contributed by atoms with van der Waals surface area (Å²) in [6, 6.07) is 10.9. The number of nitrogens with one attached hydrogen (secondary N) is 1. The summed E-state index contributed by atoms with van der Waals surface area (Å²) < 4.78 is 5.31. The van der Waals surface area contributed by atoms with Crippen LogP contribution in [0.1, 0.15) is 48.3 Å². The summed E-state index contributed by atoms with van der Waals surface area (Å²) in [6.07, 6.45) is 9.82. The molecule has 1 fully saturated rings. The molecule has 0 unspecified atom stereocenters. The van der Waals surface area contributed by atoms with Crippen molar-refractivity contribution in [1.29, 1.82) is 5.41 Å². The van der Waals surface area contributed by atoms with Crippen molar-refractivity contribution in [1.82, 2.24) is 5.16 Å². The van der Waals surface area contributed by atoms with Gasteiger partial charge in [0.05, 0.1) is 11.3 Å². The van der Waals surface area contributed by atoms with Crippen molar-refractivity contribution < 1.29 is 4.52 Å². The fourth-order valence-electron chi connectivity index (χ4n) is 3.74. The van der Waals surface area contributed by atoms with E-state index in [0.717, 1.165) is 18.0 Å². The molecule has 1 saturated carbocycles. The SMILES string of the molecule is Cc1ccc(CC2CCC(Cc3cc(/C(C=N)=C/N)on3)CC2)cc1. The van der Waals surface area contributed by atoms with E-state index in [0.29, 0.717) is 17.3 Å². The van der Waals surface area contributed by atoms with Crippen molar-refractivity contribution >= 4 is 11.8 Å². The Morgan fingerprint density at radius 3 is 2.40 bits per heavy atom. The van der Waals surface area contributed by atoms with Crippen molar-refractivity contribution in [3.8, 4) is 0 Å². The minimum atomic E-state index is 0.570. The molecule has 1 aromatic heterocycles. The van der Waals surface area contributed by atoms with Crippen molar-refractivity contribution in [3.63, 3.8) is 0 Å². The lowest BCUT2D eigenvalue weighted by atomic mass is 9.77. The first kappa shape index (κ1) is 17.5. The smallest absolute Gasteiger partial charge is 0.170 e. The Hall–Kier alpha value is -2.36. The molecule has 1 aromatic carbocycles. The molecule has 25 heavy (non-hydrogen) atoms. The predicted molar refractivity (Wildman–Crippen MR) is 101 cm³/mol. The molecule has 0 spiro atoms. The molecule has 0 aliphatic heterocycles. The van der Waals surface area contributed by atoms with Crippen molar-refractivity contribution in [2.45, 2.75) is 45.4 Å². The van der Waals surface area contributed by atoms with Gasteiger partial charge in [-0.3, -0.25) is 0 Å². The second kappa shape index (κ2) is 8.15. The van der Waals surface area contributed by atoms with E-state index in [1.165, 1.54) is 55.6 Å². The summed E-state index contributed by atoms with van der Waals surface area (Å²) in [7, 11) is 0. The van der Waals surface area contributed by atoms with Crippen molar-refractivity contribution in [3.05, 3.63) is 59.1 Å². The lowest BCUT2D eigenvalue weighted by Gasteiger charge is -2.28. The van der Waals surface area contributed by atoms with Crippen LogP contribution in [-0.4, -0.2) is 11.4 Å². The highest BCUT2D eigenvalue weighted by Gasteiger charge is 2.23. The van der Waals surface area contributed by atoms with Gasteiger partial charge in [-0.15, -0.1) is 0 Å². The number of aromatic nitrogens is 1. The summed E-state index contributed by atoms with van der Waals surface area (Å²) in [5.74, 6) is 2.06. The largest absolute Gasteiger partial charge is 0.404 e. The predicted octanol–water partition coefficient (Wildman–Crippen LogP) is 4.52. The normalized spacial score (nSPS) is 21.2. The summed E-state index contributed by atoms with van der Waals surface area (Å²) >= 11 is 0. The van der Waals surface area contributed by atoms with Gasteiger partial charge in [0.25, 0.3) is 0 Å². The van der Waals surface area contributed by atoms with E-state index in [1.807, 2.05) is 6.07 Å². The lowest BCUT2D eigenvalue weighted by molar-refractivity contribution is 0.268.